The van der Waals surface area contributed by atoms with Gasteiger partial charge in [0, 0.05) is 21.0 Å². The lowest BCUT2D eigenvalue weighted by Gasteiger charge is -1.94. The van der Waals surface area contributed by atoms with Gasteiger partial charge in [0.15, 0.2) is 6.29 Å². The zero-order chi connectivity index (χ0) is 9.42. The van der Waals surface area contributed by atoms with Gasteiger partial charge in [-0.3, -0.25) is 4.79 Å². The Labute approximate surface area is 82.7 Å². The topological polar surface area (TPSA) is 17.1 Å². The summed E-state index contributed by atoms with van der Waals surface area (Å²) >= 11 is 6.92. The molecular weight excluding hydrogens is 211 g/mol. The molecule has 2 aromatic rings. The summed E-state index contributed by atoms with van der Waals surface area (Å²) in [5.41, 5.74) is 0.557. The summed E-state index contributed by atoms with van der Waals surface area (Å²) in [4.78, 5) is 10.5. The standard InChI is InChI=1S/C9H4ClFOS/c10-7-1-6-5(3-12)4-13-9(6)2-8(7)11/h1-4H. The van der Waals surface area contributed by atoms with Crippen LogP contribution in [0.4, 0.5) is 4.39 Å². The minimum atomic E-state index is -0.450. The van der Waals surface area contributed by atoms with Gasteiger partial charge >= 0.3 is 0 Å². The van der Waals surface area contributed by atoms with Crippen LogP contribution < -0.4 is 0 Å². The molecule has 0 aliphatic heterocycles. The highest BCUT2D eigenvalue weighted by Gasteiger charge is 2.07. The fraction of sp³-hybridized carbons (Fsp3) is 0. The maximum Gasteiger partial charge on any atom is 0.151 e. The number of halogens is 2. The Morgan fingerprint density at radius 3 is 2.92 bits per heavy atom. The van der Waals surface area contributed by atoms with E-state index in [0.29, 0.717) is 10.9 Å². The molecule has 0 fully saturated rings. The fourth-order valence-electron chi connectivity index (χ4n) is 1.13. The van der Waals surface area contributed by atoms with Crippen molar-refractivity contribution in [3.8, 4) is 0 Å². The molecule has 1 aromatic heterocycles. The first-order valence-corrected chi connectivity index (χ1v) is 4.79. The van der Waals surface area contributed by atoms with Crippen LogP contribution in [0.1, 0.15) is 10.4 Å². The first-order chi connectivity index (χ1) is 6.22. The lowest BCUT2D eigenvalue weighted by molar-refractivity contribution is 0.112. The van der Waals surface area contributed by atoms with Crippen molar-refractivity contribution < 1.29 is 9.18 Å². The summed E-state index contributed by atoms with van der Waals surface area (Å²) in [7, 11) is 0. The quantitative estimate of drug-likeness (QED) is 0.664. The van der Waals surface area contributed by atoms with Gasteiger partial charge in [-0.15, -0.1) is 11.3 Å². The molecule has 0 aliphatic carbocycles. The second-order valence-electron chi connectivity index (χ2n) is 2.57. The lowest BCUT2D eigenvalue weighted by atomic mass is 10.2. The Kier molecular flexibility index (Phi) is 2.06. The predicted octanol–water partition coefficient (Wildman–Crippen LogP) is 3.51. The lowest BCUT2D eigenvalue weighted by Crippen LogP contribution is -1.78. The number of fused-ring (bicyclic) bond motifs is 1. The third-order valence-electron chi connectivity index (χ3n) is 1.77. The molecule has 1 aromatic carbocycles. The molecular formula is C9H4ClFOS. The SMILES string of the molecule is O=Cc1csc2cc(F)c(Cl)cc12. The van der Waals surface area contributed by atoms with Crippen molar-refractivity contribution in [3.05, 3.63) is 33.9 Å². The maximum absolute atomic E-state index is 12.9. The third-order valence-corrected chi connectivity index (χ3v) is 3.03. The number of hydrogen-bond donors (Lipinski definition) is 0. The molecule has 0 atom stereocenters. The third kappa shape index (κ3) is 1.34. The van der Waals surface area contributed by atoms with E-state index in [1.54, 1.807) is 5.38 Å². The van der Waals surface area contributed by atoms with Crippen molar-refractivity contribution in [3.63, 3.8) is 0 Å². The van der Waals surface area contributed by atoms with Crippen LogP contribution in [0.2, 0.25) is 5.02 Å². The Bertz CT molecular complexity index is 478. The summed E-state index contributed by atoms with van der Waals surface area (Å²) in [5, 5.41) is 2.45. The molecule has 13 heavy (non-hydrogen) atoms. The van der Waals surface area contributed by atoms with Crippen molar-refractivity contribution in [2.24, 2.45) is 0 Å². The summed E-state index contributed by atoms with van der Waals surface area (Å²) < 4.78 is 13.7. The summed E-state index contributed by atoms with van der Waals surface area (Å²) in [6.45, 7) is 0. The monoisotopic (exact) mass is 214 g/mol. The normalized spacial score (nSPS) is 10.6. The molecule has 0 bridgehead atoms. The molecule has 0 radical (unpaired) electrons. The molecule has 0 saturated carbocycles. The number of hydrogen-bond acceptors (Lipinski definition) is 2. The smallest absolute Gasteiger partial charge is 0.151 e. The Morgan fingerprint density at radius 2 is 2.23 bits per heavy atom. The zero-order valence-electron chi connectivity index (χ0n) is 6.38. The van der Waals surface area contributed by atoms with Gasteiger partial charge in [-0.2, -0.15) is 0 Å². The van der Waals surface area contributed by atoms with Crippen molar-refractivity contribution >= 4 is 39.3 Å². The first kappa shape index (κ1) is 8.66. The Balaban J connectivity index is 2.84. The van der Waals surface area contributed by atoms with Gasteiger partial charge < -0.3 is 0 Å². The van der Waals surface area contributed by atoms with Gasteiger partial charge in [-0.05, 0) is 12.1 Å². The van der Waals surface area contributed by atoms with E-state index in [1.807, 2.05) is 0 Å². The average molecular weight is 215 g/mol. The molecule has 4 heteroatoms. The highest BCUT2D eigenvalue weighted by Crippen LogP contribution is 2.29. The molecule has 0 saturated heterocycles. The van der Waals surface area contributed by atoms with Crippen LogP contribution in [0, 0.1) is 5.82 Å². The molecule has 0 spiro atoms. The molecule has 0 amide bonds. The molecule has 2 rings (SSSR count). The average Bonchev–Trinajstić information content (AvgIpc) is 2.48. The Morgan fingerprint density at radius 1 is 1.46 bits per heavy atom. The second-order valence-corrected chi connectivity index (χ2v) is 3.89. The molecule has 0 aliphatic rings. The van der Waals surface area contributed by atoms with Crippen molar-refractivity contribution in [1.82, 2.24) is 0 Å². The number of aldehydes is 1. The van der Waals surface area contributed by atoms with Gasteiger partial charge in [-0.25, -0.2) is 4.39 Å². The highest BCUT2D eigenvalue weighted by atomic mass is 35.5. The van der Waals surface area contributed by atoms with Gasteiger partial charge in [-0.1, -0.05) is 11.6 Å². The van der Waals surface area contributed by atoms with Gasteiger partial charge in [0.25, 0.3) is 0 Å². The molecule has 66 valence electrons. The van der Waals surface area contributed by atoms with E-state index in [2.05, 4.69) is 0 Å². The minimum Gasteiger partial charge on any atom is -0.298 e. The van der Waals surface area contributed by atoms with Crippen LogP contribution in [-0.4, -0.2) is 6.29 Å². The van der Waals surface area contributed by atoms with Crippen LogP contribution in [0.5, 0.6) is 0 Å². The molecule has 0 N–H and O–H groups in total. The molecule has 1 nitrogen and oxygen atoms in total. The van der Waals surface area contributed by atoms with Crippen LogP contribution in [0.3, 0.4) is 0 Å². The first-order valence-electron chi connectivity index (χ1n) is 3.54. The van der Waals surface area contributed by atoms with E-state index in [1.165, 1.54) is 23.5 Å². The van der Waals surface area contributed by atoms with Crippen LogP contribution in [0.25, 0.3) is 10.1 Å². The van der Waals surface area contributed by atoms with Crippen LogP contribution in [-0.2, 0) is 0 Å². The molecule has 1 heterocycles. The second kappa shape index (κ2) is 3.09. The number of carbonyl (C=O) groups is 1. The van der Waals surface area contributed by atoms with Crippen molar-refractivity contribution in [2.75, 3.05) is 0 Å². The van der Waals surface area contributed by atoms with Crippen LogP contribution >= 0.6 is 22.9 Å². The van der Waals surface area contributed by atoms with Crippen molar-refractivity contribution in [2.45, 2.75) is 0 Å². The van der Waals surface area contributed by atoms with E-state index in [4.69, 9.17) is 11.6 Å². The van der Waals surface area contributed by atoms with E-state index in [0.717, 1.165) is 11.0 Å². The number of rotatable bonds is 1. The van der Waals surface area contributed by atoms with E-state index < -0.39 is 5.82 Å². The largest absolute Gasteiger partial charge is 0.298 e. The van der Waals surface area contributed by atoms with E-state index in [-0.39, 0.29) is 5.02 Å². The summed E-state index contributed by atoms with van der Waals surface area (Å²) in [6.07, 6.45) is 0.743. The number of carbonyl (C=O) groups excluding carboxylic acids is 1. The highest BCUT2D eigenvalue weighted by molar-refractivity contribution is 7.17. The summed E-state index contributed by atoms with van der Waals surface area (Å²) in [5.74, 6) is -0.450. The van der Waals surface area contributed by atoms with Gasteiger partial charge in [0.05, 0.1) is 5.02 Å². The summed E-state index contributed by atoms with van der Waals surface area (Å²) in [6, 6.07) is 2.82. The predicted molar refractivity (Wildman–Crippen MR) is 52.2 cm³/mol. The Hall–Kier alpha value is -0.930. The van der Waals surface area contributed by atoms with Crippen LogP contribution in [0.15, 0.2) is 17.5 Å². The fourth-order valence-corrected chi connectivity index (χ4v) is 2.21. The number of benzene rings is 1. The number of thiophene rings is 1. The molecule has 0 unspecified atom stereocenters. The zero-order valence-corrected chi connectivity index (χ0v) is 7.95. The van der Waals surface area contributed by atoms with Gasteiger partial charge in [0.1, 0.15) is 5.82 Å². The maximum atomic E-state index is 12.9. The van der Waals surface area contributed by atoms with E-state index >= 15 is 0 Å². The van der Waals surface area contributed by atoms with E-state index in [9.17, 15) is 9.18 Å². The van der Waals surface area contributed by atoms with Crippen molar-refractivity contribution in [1.29, 1.82) is 0 Å². The van der Waals surface area contributed by atoms with Gasteiger partial charge in [0.2, 0.25) is 0 Å². The minimum absolute atomic E-state index is 0.0500.